The highest BCUT2D eigenvalue weighted by Gasteiger charge is 2.16. The maximum atomic E-state index is 11.8. The summed E-state index contributed by atoms with van der Waals surface area (Å²) in [6.45, 7) is 1.86. The maximum absolute atomic E-state index is 11.8. The van der Waals surface area contributed by atoms with Crippen molar-refractivity contribution in [1.82, 2.24) is 0 Å². The van der Waals surface area contributed by atoms with Crippen molar-refractivity contribution in [3.8, 4) is 17.4 Å². The Labute approximate surface area is 109 Å². The van der Waals surface area contributed by atoms with Crippen LogP contribution in [-0.4, -0.2) is 6.26 Å². The minimum absolute atomic E-state index is 0.0830. The van der Waals surface area contributed by atoms with E-state index in [4.69, 9.17) is 9.68 Å². The van der Waals surface area contributed by atoms with Crippen molar-refractivity contribution >= 4 is 11.8 Å². The molecular formula is C14H11NO2S. The van der Waals surface area contributed by atoms with Crippen molar-refractivity contribution in [3.63, 3.8) is 0 Å². The molecule has 1 heterocycles. The Morgan fingerprint density at radius 2 is 1.94 bits per heavy atom. The quantitative estimate of drug-likeness (QED) is 0.775. The maximum Gasteiger partial charge on any atom is 0.355 e. The Morgan fingerprint density at radius 1 is 1.28 bits per heavy atom. The molecule has 0 fully saturated rings. The molecule has 0 saturated heterocycles. The predicted molar refractivity (Wildman–Crippen MR) is 71.6 cm³/mol. The third kappa shape index (κ3) is 2.05. The average molecular weight is 257 g/mol. The molecule has 1 aromatic heterocycles. The van der Waals surface area contributed by atoms with E-state index in [0.717, 1.165) is 11.1 Å². The summed E-state index contributed by atoms with van der Waals surface area (Å²) in [4.78, 5) is 12.5. The highest BCUT2D eigenvalue weighted by Crippen LogP contribution is 2.30. The van der Waals surface area contributed by atoms with E-state index in [1.165, 1.54) is 11.8 Å². The second-order valence-electron chi connectivity index (χ2n) is 3.73. The molecule has 3 nitrogen and oxygen atoms in total. The molecule has 4 heteroatoms. The molecule has 0 aliphatic rings. The Bertz CT molecular complexity index is 669. The summed E-state index contributed by atoms with van der Waals surface area (Å²) in [6, 6.07) is 11.3. The third-order valence-corrected chi connectivity index (χ3v) is 3.58. The van der Waals surface area contributed by atoms with Gasteiger partial charge in [0.25, 0.3) is 0 Å². The van der Waals surface area contributed by atoms with Gasteiger partial charge in [-0.05, 0) is 13.2 Å². The molecule has 0 unspecified atom stereocenters. The molecule has 0 spiro atoms. The molecule has 0 aliphatic heterocycles. The molecule has 2 rings (SSSR count). The Hall–Kier alpha value is -1.99. The highest BCUT2D eigenvalue weighted by molar-refractivity contribution is 7.98. The molecular weight excluding hydrogens is 246 g/mol. The van der Waals surface area contributed by atoms with Crippen LogP contribution in [0.25, 0.3) is 11.3 Å². The molecule has 18 heavy (non-hydrogen) atoms. The van der Waals surface area contributed by atoms with Crippen LogP contribution < -0.4 is 5.63 Å². The van der Waals surface area contributed by atoms with Crippen LogP contribution >= 0.6 is 11.8 Å². The van der Waals surface area contributed by atoms with Gasteiger partial charge in [0.15, 0.2) is 5.56 Å². The first-order chi connectivity index (χ1) is 8.69. The number of hydrogen-bond donors (Lipinski definition) is 0. The number of nitriles is 1. The van der Waals surface area contributed by atoms with Gasteiger partial charge in [-0.3, -0.25) is 0 Å². The van der Waals surface area contributed by atoms with E-state index in [1.54, 1.807) is 0 Å². The van der Waals surface area contributed by atoms with Gasteiger partial charge >= 0.3 is 5.63 Å². The molecule has 0 N–H and O–H groups in total. The molecule has 0 radical (unpaired) electrons. The van der Waals surface area contributed by atoms with Crippen molar-refractivity contribution in [2.45, 2.75) is 11.8 Å². The fraction of sp³-hybridized carbons (Fsp3) is 0.143. The monoisotopic (exact) mass is 257 g/mol. The summed E-state index contributed by atoms with van der Waals surface area (Å²) >= 11 is 1.39. The van der Waals surface area contributed by atoms with Gasteiger partial charge in [0.05, 0.1) is 0 Å². The topological polar surface area (TPSA) is 54.0 Å². The van der Waals surface area contributed by atoms with E-state index in [0.29, 0.717) is 10.7 Å². The lowest BCUT2D eigenvalue weighted by Crippen LogP contribution is -2.08. The van der Waals surface area contributed by atoms with Gasteiger partial charge in [0.1, 0.15) is 11.8 Å². The Morgan fingerprint density at radius 3 is 2.50 bits per heavy atom. The van der Waals surface area contributed by atoms with Crippen molar-refractivity contribution < 1.29 is 4.42 Å². The smallest absolute Gasteiger partial charge is 0.355 e. The molecule has 0 aliphatic carbocycles. The normalized spacial score (nSPS) is 10.1. The summed E-state index contributed by atoms with van der Waals surface area (Å²) in [6.07, 6.45) is 1.84. The number of hydrogen-bond acceptors (Lipinski definition) is 4. The van der Waals surface area contributed by atoms with Gasteiger partial charge in [-0.15, -0.1) is 11.8 Å². The predicted octanol–water partition coefficient (Wildman–Crippen LogP) is 3.21. The first kappa shape index (κ1) is 12.5. The fourth-order valence-corrected chi connectivity index (χ4v) is 2.55. The van der Waals surface area contributed by atoms with Crippen LogP contribution in [0.1, 0.15) is 11.1 Å². The molecule has 0 amide bonds. The molecule has 0 bridgehead atoms. The zero-order valence-corrected chi connectivity index (χ0v) is 10.9. The van der Waals surface area contributed by atoms with Crippen LogP contribution in [0.3, 0.4) is 0 Å². The van der Waals surface area contributed by atoms with Crippen LogP contribution in [0.15, 0.2) is 44.4 Å². The van der Waals surface area contributed by atoms with Crippen LogP contribution in [0.2, 0.25) is 0 Å². The Kier molecular flexibility index (Phi) is 3.54. The number of thioether (sulfide) groups is 1. The van der Waals surface area contributed by atoms with Crippen molar-refractivity contribution in [2.24, 2.45) is 0 Å². The van der Waals surface area contributed by atoms with Crippen LogP contribution in [0, 0.1) is 18.3 Å². The minimum Gasteiger partial charge on any atom is -0.421 e. The van der Waals surface area contributed by atoms with Gasteiger partial charge in [0, 0.05) is 16.0 Å². The summed E-state index contributed by atoms with van der Waals surface area (Å²) in [7, 11) is 0. The lowest BCUT2D eigenvalue weighted by Gasteiger charge is -2.09. The van der Waals surface area contributed by atoms with Gasteiger partial charge < -0.3 is 4.42 Å². The van der Waals surface area contributed by atoms with E-state index in [1.807, 2.05) is 49.6 Å². The van der Waals surface area contributed by atoms with Gasteiger partial charge in [-0.1, -0.05) is 30.3 Å². The number of nitrogens with zero attached hydrogens (tertiary/aromatic N) is 1. The van der Waals surface area contributed by atoms with Crippen molar-refractivity contribution in [1.29, 1.82) is 5.26 Å². The largest absolute Gasteiger partial charge is 0.421 e. The lowest BCUT2D eigenvalue weighted by molar-refractivity contribution is 0.514. The molecule has 1 aromatic carbocycles. The first-order valence-electron chi connectivity index (χ1n) is 5.36. The fourth-order valence-electron chi connectivity index (χ4n) is 1.82. The summed E-state index contributed by atoms with van der Waals surface area (Å²) in [5.41, 5.74) is 1.17. The van der Waals surface area contributed by atoms with Crippen LogP contribution in [-0.2, 0) is 0 Å². The average Bonchev–Trinajstić information content (AvgIpc) is 2.41. The second kappa shape index (κ2) is 5.11. The lowest BCUT2D eigenvalue weighted by atomic mass is 10.1. The van der Waals surface area contributed by atoms with E-state index in [9.17, 15) is 4.79 Å². The first-order valence-corrected chi connectivity index (χ1v) is 6.58. The van der Waals surface area contributed by atoms with Gasteiger partial charge in [-0.25, -0.2) is 4.79 Å². The molecule has 2 aromatic rings. The van der Waals surface area contributed by atoms with Crippen molar-refractivity contribution in [2.75, 3.05) is 6.26 Å². The molecule has 0 atom stereocenters. The minimum atomic E-state index is -0.577. The van der Waals surface area contributed by atoms with Crippen LogP contribution in [0.4, 0.5) is 0 Å². The zero-order chi connectivity index (χ0) is 13.1. The SMILES string of the molecule is CSc1c(C)c(-c2ccccc2)oc(=O)c1C#N. The van der Waals surface area contributed by atoms with E-state index in [-0.39, 0.29) is 5.56 Å². The highest BCUT2D eigenvalue weighted by atomic mass is 32.2. The zero-order valence-electron chi connectivity index (χ0n) is 10.1. The van der Waals surface area contributed by atoms with Crippen molar-refractivity contribution in [3.05, 3.63) is 51.9 Å². The second-order valence-corrected chi connectivity index (χ2v) is 4.55. The summed E-state index contributed by atoms with van der Waals surface area (Å²) in [5, 5.41) is 8.99. The third-order valence-electron chi connectivity index (χ3n) is 2.66. The summed E-state index contributed by atoms with van der Waals surface area (Å²) in [5.74, 6) is 0.531. The molecule has 0 saturated carbocycles. The Balaban J connectivity index is 2.77. The summed E-state index contributed by atoms with van der Waals surface area (Å²) < 4.78 is 5.27. The number of rotatable bonds is 2. The van der Waals surface area contributed by atoms with Gasteiger partial charge in [-0.2, -0.15) is 5.26 Å². The number of benzene rings is 1. The molecule has 90 valence electrons. The standard InChI is InChI=1S/C14H11NO2S/c1-9-12(10-6-4-3-5-7-10)17-14(16)11(8-15)13(9)18-2/h3-7H,1-2H3. The van der Waals surface area contributed by atoms with E-state index in [2.05, 4.69) is 0 Å². The van der Waals surface area contributed by atoms with Crippen LogP contribution in [0.5, 0.6) is 0 Å². The van der Waals surface area contributed by atoms with E-state index < -0.39 is 5.63 Å². The van der Waals surface area contributed by atoms with Gasteiger partial charge in [0.2, 0.25) is 0 Å². The van der Waals surface area contributed by atoms with E-state index >= 15 is 0 Å².